The van der Waals surface area contributed by atoms with Crippen LogP contribution in [0, 0.1) is 5.82 Å². The summed E-state index contributed by atoms with van der Waals surface area (Å²) in [7, 11) is -4.17. The normalized spacial score (nSPS) is 20.4. The monoisotopic (exact) mass is 317 g/mol. The number of aliphatic hydroxyl groups excluding tert-OH is 1. The van der Waals surface area contributed by atoms with Crippen LogP contribution in [0.25, 0.3) is 0 Å². The lowest BCUT2D eigenvalue weighted by atomic mass is 10.1. The third kappa shape index (κ3) is 3.07. The number of carbonyl (C=O) groups is 1. The van der Waals surface area contributed by atoms with Crippen molar-refractivity contribution in [2.45, 2.75) is 30.2 Å². The molecule has 1 heterocycles. The van der Waals surface area contributed by atoms with E-state index in [0.29, 0.717) is 12.8 Å². The predicted molar refractivity (Wildman–Crippen MR) is 72.0 cm³/mol. The van der Waals surface area contributed by atoms with Gasteiger partial charge in [-0.25, -0.2) is 17.6 Å². The predicted octanol–water partition coefficient (Wildman–Crippen LogP) is 1.06. The molecule has 1 atom stereocenters. The van der Waals surface area contributed by atoms with Crippen LogP contribution in [0.4, 0.5) is 4.39 Å². The number of hydrogen-bond donors (Lipinski definition) is 2. The molecular weight excluding hydrogens is 301 g/mol. The van der Waals surface area contributed by atoms with Gasteiger partial charge >= 0.3 is 5.97 Å². The number of carboxylic acids is 1. The van der Waals surface area contributed by atoms with Crippen LogP contribution in [-0.4, -0.2) is 48.1 Å². The lowest BCUT2D eigenvalue weighted by molar-refractivity contribution is 0.0696. The molecule has 0 spiro atoms. The fourth-order valence-electron chi connectivity index (χ4n) is 2.43. The van der Waals surface area contributed by atoms with Gasteiger partial charge in [-0.05, 0) is 31.0 Å². The second-order valence-electron chi connectivity index (χ2n) is 4.90. The van der Waals surface area contributed by atoms with Gasteiger partial charge in [-0.1, -0.05) is 6.42 Å². The largest absolute Gasteiger partial charge is 0.478 e. The van der Waals surface area contributed by atoms with Crippen LogP contribution in [0.3, 0.4) is 0 Å². The molecule has 8 heteroatoms. The van der Waals surface area contributed by atoms with Crippen LogP contribution in [0.15, 0.2) is 23.1 Å². The van der Waals surface area contributed by atoms with E-state index in [1.807, 2.05) is 0 Å². The van der Waals surface area contributed by atoms with E-state index in [-0.39, 0.29) is 18.7 Å². The first-order valence-corrected chi connectivity index (χ1v) is 7.97. The van der Waals surface area contributed by atoms with Gasteiger partial charge < -0.3 is 10.2 Å². The Hall–Kier alpha value is -1.51. The summed E-state index contributed by atoms with van der Waals surface area (Å²) in [5.74, 6) is -2.33. The second kappa shape index (κ2) is 6.08. The highest BCUT2D eigenvalue weighted by molar-refractivity contribution is 7.89. The molecule has 2 rings (SSSR count). The van der Waals surface area contributed by atoms with Crippen molar-refractivity contribution in [2.75, 3.05) is 13.2 Å². The first-order chi connectivity index (χ1) is 9.87. The number of rotatable bonds is 4. The minimum Gasteiger partial charge on any atom is -0.478 e. The van der Waals surface area contributed by atoms with Crippen LogP contribution >= 0.6 is 0 Å². The fraction of sp³-hybridized carbons (Fsp3) is 0.462. The number of piperidine rings is 1. The van der Waals surface area contributed by atoms with E-state index >= 15 is 0 Å². The number of carboxylic acid groups (broad SMARTS) is 1. The minimum absolute atomic E-state index is 0.185. The molecule has 0 saturated carbocycles. The highest BCUT2D eigenvalue weighted by atomic mass is 32.2. The van der Waals surface area contributed by atoms with E-state index in [2.05, 4.69) is 0 Å². The van der Waals surface area contributed by atoms with Crippen molar-refractivity contribution in [3.05, 3.63) is 29.6 Å². The van der Waals surface area contributed by atoms with Gasteiger partial charge in [-0.15, -0.1) is 0 Å². The van der Waals surface area contributed by atoms with Crippen molar-refractivity contribution in [1.82, 2.24) is 4.31 Å². The second-order valence-corrected chi connectivity index (χ2v) is 6.76. The molecule has 0 aliphatic carbocycles. The molecule has 1 aromatic carbocycles. The van der Waals surface area contributed by atoms with Gasteiger partial charge in [0, 0.05) is 12.6 Å². The lowest BCUT2D eigenvalue weighted by Crippen LogP contribution is -2.45. The van der Waals surface area contributed by atoms with Crippen LogP contribution in [-0.2, 0) is 10.0 Å². The molecule has 1 saturated heterocycles. The standard InChI is InChI=1S/C13H16FNO5S/c14-11-5-4-9(13(17)18)7-12(11)21(19,20)15-6-2-1-3-10(15)8-16/h4-5,7,10,16H,1-3,6,8H2,(H,17,18). The number of benzene rings is 1. The smallest absolute Gasteiger partial charge is 0.335 e. The maximum absolute atomic E-state index is 13.9. The summed E-state index contributed by atoms with van der Waals surface area (Å²) in [6, 6.07) is 2.05. The van der Waals surface area contributed by atoms with Crippen LogP contribution < -0.4 is 0 Å². The summed E-state index contributed by atoms with van der Waals surface area (Å²) in [5, 5.41) is 18.2. The Labute approximate surface area is 121 Å². The third-order valence-corrected chi connectivity index (χ3v) is 5.52. The van der Waals surface area contributed by atoms with Crippen molar-refractivity contribution in [3.63, 3.8) is 0 Å². The Morgan fingerprint density at radius 1 is 1.38 bits per heavy atom. The summed E-state index contributed by atoms with van der Waals surface area (Å²) in [4.78, 5) is 10.3. The number of hydrogen-bond acceptors (Lipinski definition) is 4. The van der Waals surface area contributed by atoms with Crippen molar-refractivity contribution in [2.24, 2.45) is 0 Å². The zero-order chi connectivity index (χ0) is 15.6. The Kier molecular flexibility index (Phi) is 4.60. The molecule has 2 N–H and O–H groups in total. The lowest BCUT2D eigenvalue weighted by Gasteiger charge is -2.33. The Morgan fingerprint density at radius 2 is 2.10 bits per heavy atom. The number of nitrogens with zero attached hydrogens (tertiary/aromatic N) is 1. The highest BCUT2D eigenvalue weighted by Gasteiger charge is 2.35. The molecule has 21 heavy (non-hydrogen) atoms. The molecular formula is C13H16FNO5S. The molecule has 1 aromatic rings. The van der Waals surface area contributed by atoms with E-state index in [9.17, 15) is 22.7 Å². The summed E-state index contributed by atoms with van der Waals surface area (Å²) in [6.07, 6.45) is 1.90. The molecule has 116 valence electrons. The Bertz CT molecular complexity index is 646. The molecule has 6 nitrogen and oxygen atoms in total. The molecule has 0 aromatic heterocycles. The first-order valence-electron chi connectivity index (χ1n) is 6.53. The summed E-state index contributed by atoms with van der Waals surface area (Å²) < 4.78 is 40.0. The van der Waals surface area contributed by atoms with Crippen LogP contribution in [0.5, 0.6) is 0 Å². The van der Waals surface area contributed by atoms with Crippen LogP contribution in [0.1, 0.15) is 29.6 Å². The number of aliphatic hydroxyl groups is 1. The van der Waals surface area contributed by atoms with Gasteiger partial charge in [0.1, 0.15) is 10.7 Å². The molecule has 1 unspecified atom stereocenters. The molecule has 0 radical (unpaired) electrons. The van der Waals surface area contributed by atoms with Gasteiger partial charge in [0.15, 0.2) is 0 Å². The quantitative estimate of drug-likeness (QED) is 0.866. The summed E-state index contributed by atoms with van der Waals surface area (Å²) in [5.41, 5.74) is -0.299. The van der Waals surface area contributed by atoms with Crippen LogP contribution in [0.2, 0.25) is 0 Å². The Morgan fingerprint density at radius 3 is 2.71 bits per heavy atom. The SMILES string of the molecule is O=C(O)c1ccc(F)c(S(=O)(=O)N2CCCCC2CO)c1. The fourth-order valence-corrected chi connectivity index (χ4v) is 4.21. The summed E-state index contributed by atoms with van der Waals surface area (Å²) >= 11 is 0. The number of aromatic carboxylic acids is 1. The Balaban J connectivity index is 2.47. The maximum atomic E-state index is 13.9. The van der Waals surface area contributed by atoms with Gasteiger partial charge in [0.2, 0.25) is 10.0 Å². The van der Waals surface area contributed by atoms with E-state index in [1.165, 1.54) is 0 Å². The minimum atomic E-state index is -4.17. The highest BCUT2D eigenvalue weighted by Crippen LogP contribution is 2.27. The van der Waals surface area contributed by atoms with Crippen molar-refractivity contribution < 1.29 is 27.8 Å². The van der Waals surface area contributed by atoms with Gasteiger partial charge in [0.05, 0.1) is 12.2 Å². The van der Waals surface area contributed by atoms with Crippen molar-refractivity contribution in [3.8, 4) is 0 Å². The van der Waals surface area contributed by atoms with Gasteiger partial charge in [-0.3, -0.25) is 0 Å². The van der Waals surface area contributed by atoms with E-state index in [1.54, 1.807) is 0 Å². The topological polar surface area (TPSA) is 94.9 Å². The van der Waals surface area contributed by atoms with Gasteiger partial charge in [0.25, 0.3) is 0 Å². The average Bonchev–Trinajstić information content (AvgIpc) is 2.47. The molecule has 1 aliphatic heterocycles. The number of halogens is 1. The molecule has 0 bridgehead atoms. The zero-order valence-corrected chi connectivity index (χ0v) is 12.0. The average molecular weight is 317 g/mol. The summed E-state index contributed by atoms with van der Waals surface area (Å²) in [6.45, 7) is -0.163. The maximum Gasteiger partial charge on any atom is 0.335 e. The first kappa shape index (κ1) is 15.9. The van der Waals surface area contributed by atoms with E-state index in [0.717, 1.165) is 28.9 Å². The van der Waals surface area contributed by atoms with E-state index in [4.69, 9.17) is 5.11 Å². The number of sulfonamides is 1. The van der Waals surface area contributed by atoms with Crippen molar-refractivity contribution in [1.29, 1.82) is 0 Å². The van der Waals surface area contributed by atoms with Crippen molar-refractivity contribution >= 4 is 16.0 Å². The van der Waals surface area contributed by atoms with Gasteiger partial charge in [-0.2, -0.15) is 4.31 Å². The van der Waals surface area contributed by atoms with E-state index < -0.39 is 32.7 Å². The molecule has 1 fully saturated rings. The molecule has 1 aliphatic rings. The zero-order valence-electron chi connectivity index (χ0n) is 11.2. The molecule has 0 amide bonds. The third-order valence-electron chi connectivity index (χ3n) is 3.55.